The van der Waals surface area contributed by atoms with Crippen LogP contribution in [0.4, 0.5) is 0 Å². The fourth-order valence-corrected chi connectivity index (χ4v) is 2.77. The first-order valence-electron chi connectivity index (χ1n) is 9.21. The number of unbranched alkanes of at least 4 members (excludes halogenated alkanes) is 1. The summed E-state index contributed by atoms with van der Waals surface area (Å²) in [5.74, 6) is 0.630. The number of carbonyl (C=O) groups excluding carboxylic acids is 1. The van der Waals surface area contributed by atoms with Gasteiger partial charge in [0, 0.05) is 18.0 Å². The number of benzene rings is 1. The van der Waals surface area contributed by atoms with Crippen LogP contribution >= 0.6 is 0 Å². The predicted molar refractivity (Wildman–Crippen MR) is 99.7 cm³/mol. The van der Waals surface area contributed by atoms with Crippen molar-refractivity contribution < 1.29 is 14.3 Å². The second-order valence-electron chi connectivity index (χ2n) is 7.47. The van der Waals surface area contributed by atoms with Crippen molar-refractivity contribution in [2.45, 2.75) is 77.9 Å². The predicted octanol–water partition coefficient (Wildman–Crippen LogP) is 4.23. The van der Waals surface area contributed by atoms with E-state index in [1.54, 1.807) is 26.0 Å². The number of aromatic nitrogens is 1. The molecule has 1 heterocycles. The van der Waals surface area contributed by atoms with Crippen LogP contribution in [0.2, 0.25) is 0 Å². The summed E-state index contributed by atoms with van der Waals surface area (Å²) in [7, 11) is 0. The van der Waals surface area contributed by atoms with Crippen LogP contribution in [0.5, 0.6) is 0 Å². The van der Waals surface area contributed by atoms with Gasteiger partial charge < -0.3 is 14.8 Å². The fraction of sp³-hybridized carbons (Fsp3) is 0.600. The number of amides is 1. The monoisotopic (exact) mass is 346 g/mol. The maximum absolute atomic E-state index is 12.4. The number of oxazole rings is 1. The molecule has 5 heteroatoms. The second kappa shape index (κ2) is 8.48. The van der Waals surface area contributed by atoms with Gasteiger partial charge in [0.15, 0.2) is 11.5 Å². The van der Waals surface area contributed by atoms with Crippen molar-refractivity contribution in [1.29, 1.82) is 0 Å². The van der Waals surface area contributed by atoms with Gasteiger partial charge in [-0.3, -0.25) is 4.79 Å². The zero-order chi connectivity index (χ0) is 18.4. The number of nitrogens with one attached hydrogen (secondary N) is 1. The molecule has 2 rings (SSSR count). The summed E-state index contributed by atoms with van der Waals surface area (Å²) in [6.45, 7) is 7.73. The molecule has 25 heavy (non-hydrogen) atoms. The highest BCUT2D eigenvalue weighted by molar-refractivity contribution is 5.97. The minimum absolute atomic E-state index is 0.0583. The topological polar surface area (TPSA) is 75.4 Å². The van der Waals surface area contributed by atoms with Gasteiger partial charge in [-0.15, -0.1) is 0 Å². The highest BCUT2D eigenvalue weighted by Gasteiger charge is 2.15. The molecule has 0 spiro atoms. The summed E-state index contributed by atoms with van der Waals surface area (Å²) in [6.07, 6.45) is 5.39. The standard InChI is InChI=1S/C20H30N2O3/c1-5-6-9-18-22-16-13-15(10-11-17(16)25-18)19(23)21-14(2)8-7-12-20(3,4)24/h10-11,13-14,24H,5-9,12H2,1-4H3,(H,21,23). The van der Waals surface area contributed by atoms with Gasteiger partial charge in [0.25, 0.3) is 5.91 Å². The quantitative estimate of drug-likeness (QED) is 0.712. The van der Waals surface area contributed by atoms with E-state index in [2.05, 4.69) is 17.2 Å². The van der Waals surface area contributed by atoms with E-state index in [0.717, 1.165) is 55.5 Å². The largest absolute Gasteiger partial charge is 0.441 e. The van der Waals surface area contributed by atoms with Crippen LogP contribution in [-0.4, -0.2) is 27.6 Å². The first-order valence-corrected chi connectivity index (χ1v) is 9.21. The zero-order valence-electron chi connectivity index (χ0n) is 15.8. The van der Waals surface area contributed by atoms with E-state index in [-0.39, 0.29) is 11.9 Å². The number of nitrogens with zero attached hydrogens (tertiary/aromatic N) is 1. The molecule has 0 radical (unpaired) electrons. The Morgan fingerprint density at radius 1 is 1.36 bits per heavy atom. The van der Waals surface area contributed by atoms with Gasteiger partial charge in [-0.05, 0) is 64.7 Å². The smallest absolute Gasteiger partial charge is 0.251 e. The number of rotatable bonds is 9. The summed E-state index contributed by atoms with van der Waals surface area (Å²) in [6, 6.07) is 5.43. The summed E-state index contributed by atoms with van der Waals surface area (Å²) in [5.41, 5.74) is 1.39. The number of aryl methyl sites for hydroxylation is 1. The molecular formula is C20H30N2O3. The average molecular weight is 346 g/mol. The lowest BCUT2D eigenvalue weighted by atomic mass is 9.99. The first-order chi connectivity index (χ1) is 11.8. The molecule has 0 fully saturated rings. The van der Waals surface area contributed by atoms with Gasteiger partial charge in [0.1, 0.15) is 5.52 Å². The molecule has 2 aromatic rings. The third-order valence-electron chi connectivity index (χ3n) is 4.24. The van der Waals surface area contributed by atoms with Crippen molar-refractivity contribution in [3.63, 3.8) is 0 Å². The molecule has 0 saturated heterocycles. The Morgan fingerprint density at radius 2 is 2.12 bits per heavy atom. The molecular weight excluding hydrogens is 316 g/mol. The molecule has 0 bridgehead atoms. The van der Waals surface area contributed by atoms with Crippen molar-refractivity contribution in [2.75, 3.05) is 0 Å². The summed E-state index contributed by atoms with van der Waals surface area (Å²) in [5, 5.41) is 12.8. The van der Waals surface area contributed by atoms with Gasteiger partial charge >= 0.3 is 0 Å². The summed E-state index contributed by atoms with van der Waals surface area (Å²) >= 11 is 0. The maximum Gasteiger partial charge on any atom is 0.251 e. The van der Waals surface area contributed by atoms with E-state index in [9.17, 15) is 9.90 Å². The Bertz CT molecular complexity index is 701. The molecule has 2 N–H and O–H groups in total. The number of fused-ring (bicyclic) bond motifs is 1. The third kappa shape index (κ3) is 6.16. The van der Waals surface area contributed by atoms with Gasteiger partial charge in [-0.25, -0.2) is 4.98 Å². The first kappa shape index (κ1) is 19.4. The van der Waals surface area contributed by atoms with E-state index in [4.69, 9.17) is 4.42 Å². The van der Waals surface area contributed by atoms with Crippen molar-refractivity contribution >= 4 is 17.0 Å². The van der Waals surface area contributed by atoms with Gasteiger partial charge in [0.2, 0.25) is 0 Å². The molecule has 0 saturated carbocycles. The number of hydrogen-bond donors (Lipinski definition) is 2. The Hall–Kier alpha value is -1.88. The van der Waals surface area contributed by atoms with E-state index in [1.165, 1.54) is 0 Å². The van der Waals surface area contributed by atoms with E-state index in [0.29, 0.717) is 5.56 Å². The van der Waals surface area contributed by atoms with Crippen molar-refractivity contribution in [1.82, 2.24) is 10.3 Å². The summed E-state index contributed by atoms with van der Waals surface area (Å²) < 4.78 is 5.70. The van der Waals surface area contributed by atoms with Gasteiger partial charge in [-0.2, -0.15) is 0 Å². The van der Waals surface area contributed by atoms with Crippen LogP contribution in [0.1, 0.15) is 76.0 Å². The second-order valence-corrected chi connectivity index (χ2v) is 7.47. The van der Waals surface area contributed by atoms with E-state index >= 15 is 0 Å². The molecule has 138 valence electrons. The average Bonchev–Trinajstić information content (AvgIpc) is 2.93. The SMILES string of the molecule is CCCCc1nc2cc(C(=O)NC(C)CCCC(C)(C)O)ccc2o1. The number of carbonyl (C=O) groups is 1. The van der Waals surface area contributed by atoms with Gasteiger partial charge in [-0.1, -0.05) is 13.3 Å². The molecule has 1 atom stereocenters. The van der Waals surface area contributed by atoms with Crippen molar-refractivity contribution in [2.24, 2.45) is 0 Å². The maximum atomic E-state index is 12.4. The molecule has 0 aliphatic carbocycles. The molecule has 1 aromatic carbocycles. The minimum Gasteiger partial charge on any atom is -0.441 e. The lowest BCUT2D eigenvalue weighted by molar-refractivity contribution is 0.0674. The molecule has 1 aromatic heterocycles. The Balaban J connectivity index is 1.94. The van der Waals surface area contributed by atoms with Gasteiger partial charge in [0.05, 0.1) is 5.60 Å². The lowest BCUT2D eigenvalue weighted by Crippen LogP contribution is -2.33. The minimum atomic E-state index is -0.656. The normalized spacial score (nSPS) is 13.2. The summed E-state index contributed by atoms with van der Waals surface area (Å²) in [4.78, 5) is 16.9. The zero-order valence-corrected chi connectivity index (χ0v) is 15.8. The molecule has 5 nitrogen and oxygen atoms in total. The highest BCUT2D eigenvalue weighted by atomic mass is 16.3. The Labute approximate surface area is 149 Å². The third-order valence-corrected chi connectivity index (χ3v) is 4.24. The van der Waals surface area contributed by atoms with Crippen LogP contribution in [0.25, 0.3) is 11.1 Å². The number of aliphatic hydroxyl groups is 1. The number of hydrogen-bond acceptors (Lipinski definition) is 4. The highest BCUT2D eigenvalue weighted by Crippen LogP contribution is 2.19. The molecule has 1 amide bonds. The molecule has 0 aliphatic rings. The van der Waals surface area contributed by atoms with Crippen molar-refractivity contribution in [3.8, 4) is 0 Å². The molecule has 1 unspecified atom stereocenters. The van der Waals surface area contributed by atoms with Crippen LogP contribution < -0.4 is 5.32 Å². The van der Waals surface area contributed by atoms with Crippen LogP contribution in [-0.2, 0) is 6.42 Å². The molecule has 0 aliphatic heterocycles. The Morgan fingerprint density at radius 3 is 2.80 bits per heavy atom. The van der Waals surface area contributed by atoms with Crippen molar-refractivity contribution in [3.05, 3.63) is 29.7 Å². The van der Waals surface area contributed by atoms with Crippen LogP contribution in [0.15, 0.2) is 22.6 Å². The lowest BCUT2D eigenvalue weighted by Gasteiger charge is -2.19. The van der Waals surface area contributed by atoms with E-state index in [1.807, 2.05) is 13.0 Å². The van der Waals surface area contributed by atoms with E-state index < -0.39 is 5.60 Å². The fourth-order valence-electron chi connectivity index (χ4n) is 2.77. The van der Waals surface area contributed by atoms with Crippen LogP contribution in [0.3, 0.4) is 0 Å². The Kier molecular flexibility index (Phi) is 6.59. The van der Waals surface area contributed by atoms with Crippen LogP contribution in [0, 0.1) is 0 Å².